The van der Waals surface area contributed by atoms with E-state index in [-0.39, 0.29) is 5.91 Å². The second-order valence-corrected chi connectivity index (χ2v) is 4.02. The number of aryl methyl sites for hydroxylation is 1. The molecule has 0 spiro atoms. The van der Waals surface area contributed by atoms with Gasteiger partial charge in [-0.25, -0.2) is 0 Å². The highest BCUT2D eigenvalue weighted by Gasteiger charge is 2.02. The fraction of sp³-hybridized carbons (Fsp3) is 0.462. The van der Waals surface area contributed by atoms with Crippen LogP contribution in [-0.4, -0.2) is 31.4 Å². The average molecular weight is 220 g/mol. The first-order valence-electron chi connectivity index (χ1n) is 5.66. The second-order valence-electron chi connectivity index (χ2n) is 4.02. The Morgan fingerprint density at radius 2 is 1.88 bits per heavy atom. The average Bonchev–Trinajstić information content (AvgIpc) is 2.29. The lowest BCUT2D eigenvalue weighted by atomic mass is 10.1. The van der Waals surface area contributed by atoms with Crippen LogP contribution in [0.1, 0.15) is 18.9 Å². The number of amides is 1. The van der Waals surface area contributed by atoms with Crippen LogP contribution in [0, 0.1) is 0 Å². The van der Waals surface area contributed by atoms with Crippen LogP contribution in [0.25, 0.3) is 0 Å². The van der Waals surface area contributed by atoms with Crippen LogP contribution in [0.15, 0.2) is 24.3 Å². The summed E-state index contributed by atoms with van der Waals surface area (Å²) in [5, 5.41) is 3.23. The fourth-order valence-electron chi connectivity index (χ4n) is 1.40. The maximum atomic E-state index is 11.3. The molecule has 0 aromatic heterocycles. The molecule has 0 unspecified atom stereocenters. The van der Waals surface area contributed by atoms with E-state index in [4.69, 9.17) is 0 Å². The van der Waals surface area contributed by atoms with Crippen LogP contribution in [0.4, 0.5) is 5.69 Å². The largest absolute Gasteiger partial charge is 0.385 e. The highest BCUT2D eigenvalue weighted by molar-refractivity contribution is 5.76. The maximum absolute atomic E-state index is 11.3. The molecule has 0 saturated heterocycles. The quantitative estimate of drug-likeness (QED) is 0.824. The third-order valence-corrected chi connectivity index (χ3v) is 2.53. The summed E-state index contributed by atoms with van der Waals surface area (Å²) in [6.07, 6.45) is 1.59. The number of nitrogens with one attached hydrogen (secondary N) is 1. The summed E-state index contributed by atoms with van der Waals surface area (Å²) in [5.41, 5.74) is 2.40. The van der Waals surface area contributed by atoms with E-state index >= 15 is 0 Å². The van der Waals surface area contributed by atoms with Crippen LogP contribution in [0.3, 0.4) is 0 Å². The third kappa shape index (κ3) is 3.93. The van der Waals surface area contributed by atoms with Gasteiger partial charge in [-0.05, 0) is 24.1 Å². The molecule has 1 aromatic rings. The molecule has 1 amide bonds. The number of hydrogen-bond acceptors (Lipinski definition) is 2. The van der Waals surface area contributed by atoms with E-state index in [9.17, 15) is 4.79 Å². The molecule has 16 heavy (non-hydrogen) atoms. The van der Waals surface area contributed by atoms with Gasteiger partial charge in [0.1, 0.15) is 0 Å². The number of rotatable bonds is 5. The molecular weight excluding hydrogens is 200 g/mol. The molecule has 1 rings (SSSR count). The summed E-state index contributed by atoms with van der Waals surface area (Å²) in [4.78, 5) is 12.9. The van der Waals surface area contributed by atoms with Gasteiger partial charge in [0.2, 0.25) is 5.91 Å². The molecule has 3 nitrogen and oxygen atoms in total. The van der Waals surface area contributed by atoms with E-state index in [1.54, 1.807) is 19.0 Å². The Morgan fingerprint density at radius 3 is 2.38 bits per heavy atom. The molecule has 0 atom stereocenters. The summed E-state index contributed by atoms with van der Waals surface area (Å²) in [7, 11) is 3.55. The van der Waals surface area contributed by atoms with Gasteiger partial charge in [0.15, 0.2) is 0 Å². The number of benzene rings is 1. The predicted molar refractivity (Wildman–Crippen MR) is 67.6 cm³/mol. The number of anilines is 1. The van der Waals surface area contributed by atoms with Crippen molar-refractivity contribution in [2.45, 2.75) is 19.8 Å². The Bertz CT molecular complexity index is 330. The standard InChI is InChI=1S/C13H20N2O/c1-4-11-5-7-12(8-6-11)14-10-9-13(16)15(2)3/h5-8,14H,4,9-10H2,1-3H3. The lowest BCUT2D eigenvalue weighted by molar-refractivity contribution is -0.128. The Balaban J connectivity index is 2.34. The van der Waals surface area contributed by atoms with E-state index in [1.165, 1.54) is 5.56 Å². The monoisotopic (exact) mass is 220 g/mol. The van der Waals surface area contributed by atoms with Crippen LogP contribution < -0.4 is 5.32 Å². The maximum Gasteiger partial charge on any atom is 0.223 e. The van der Waals surface area contributed by atoms with Crippen LogP contribution >= 0.6 is 0 Å². The van der Waals surface area contributed by atoms with E-state index in [2.05, 4.69) is 36.5 Å². The predicted octanol–water partition coefficient (Wildman–Crippen LogP) is 2.14. The number of carbonyl (C=O) groups is 1. The van der Waals surface area contributed by atoms with Crippen molar-refractivity contribution in [2.75, 3.05) is 26.0 Å². The van der Waals surface area contributed by atoms with E-state index < -0.39 is 0 Å². The third-order valence-electron chi connectivity index (χ3n) is 2.53. The van der Waals surface area contributed by atoms with Gasteiger partial charge < -0.3 is 10.2 Å². The number of nitrogens with zero attached hydrogens (tertiary/aromatic N) is 1. The van der Waals surface area contributed by atoms with Crippen LogP contribution in [0.2, 0.25) is 0 Å². The lowest BCUT2D eigenvalue weighted by Gasteiger charge is -2.11. The zero-order valence-electron chi connectivity index (χ0n) is 10.3. The van der Waals surface area contributed by atoms with Gasteiger partial charge in [-0.15, -0.1) is 0 Å². The molecule has 0 aliphatic carbocycles. The molecule has 0 fully saturated rings. The first-order valence-corrected chi connectivity index (χ1v) is 5.66. The van der Waals surface area contributed by atoms with E-state index in [1.807, 2.05) is 0 Å². The van der Waals surface area contributed by atoms with E-state index in [0.29, 0.717) is 13.0 Å². The van der Waals surface area contributed by atoms with Crippen molar-refractivity contribution >= 4 is 11.6 Å². The van der Waals surface area contributed by atoms with Gasteiger partial charge >= 0.3 is 0 Å². The molecule has 1 aromatic carbocycles. The van der Waals surface area contributed by atoms with Crippen molar-refractivity contribution < 1.29 is 4.79 Å². The minimum Gasteiger partial charge on any atom is -0.385 e. The molecule has 0 bridgehead atoms. The Labute approximate surface area is 97.5 Å². The zero-order valence-corrected chi connectivity index (χ0v) is 10.3. The molecule has 3 heteroatoms. The van der Waals surface area contributed by atoms with Gasteiger partial charge in [0, 0.05) is 32.7 Å². The molecule has 0 saturated carbocycles. The molecule has 0 aliphatic rings. The Hall–Kier alpha value is -1.51. The first kappa shape index (κ1) is 12.6. The lowest BCUT2D eigenvalue weighted by Crippen LogP contribution is -2.23. The highest BCUT2D eigenvalue weighted by Crippen LogP contribution is 2.09. The topological polar surface area (TPSA) is 32.3 Å². The Morgan fingerprint density at radius 1 is 1.25 bits per heavy atom. The molecule has 0 aliphatic heterocycles. The minimum absolute atomic E-state index is 0.151. The van der Waals surface area contributed by atoms with Crippen molar-refractivity contribution in [1.82, 2.24) is 4.90 Å². The van der Waals surface area contributed by atoms with Gasteiger partial charge in [-0.3, -0.25) is 4.79 Å². The minimum atomic E-state index is 0.151. The van der Waals surface area contributed by atoms with Crippen molar-refractivity contribution in [3.63, 3.8) is 0 Å². The van der Waals surface area contributed by atoms with Crippen molar-refractivity contribution in [3.05, 3.63) is 29.8 Å². The zero-order chi connectivity index (χ0) is 12.0. The van der Waals surface area contributed by atoms with Crippen molar-refractivity contribution in [2.24, 2.45) is 0 Å². The Kier molecular flexibility index (Phi) is 4.83. The normalized spacial score (nSPS) is 9.94. The number of hydrogen-bond donors (Lipinski definition) is 1. The van der Waals surface area contributed by atoms with Gasteiger partial charge in [0.25, 0.3) is 0 Å². The van der Waals surface area contributed by atoms with Crippen LogP contribution in [0.5, 0.6) is 0 Å². The number of carbonyl (C=O) groups excluding carboxylic acids is 1. The SMILES string of the molecule is CCc1ccc(NCCC(=O)N(C)C)cc1. The van der Waals surface area contributed by atoms with Crippen LogP contribution in [-0.2, 0) is 11.2 Å². The first-order chi connectivity index (χ1) is 7.63. The summed E-state index contributed by atoms with van der Waals surface area (Å²) >= 11 is 0. The summed E-state index contributed by atoms with van der Waals surface area (Å²) in [6, 6.07) is 8.32. The smallest absolute Gasteiger partial charge is 0.223 e. The van der Waals surface area contributed by atoms with Gasteiger partial charge in [-0.2, -0.15) is 0 Å². The summed E-state index contributed by atoms with van der Waals surface area (Å²) in [5.74, 6) is 0.151. The van der Waals surface area contributed by atoms with E-state index in [0.717, 1.165) is 12.1 Å². The van der Waals surface area contributed by atoms with Crippen molar-refractivity contribution in [3.8, 4) is 0 Å². The van der Waals surface area contributed by atoms with Gasteiger partial charge in [-0.1, -0.05) is 19.1 Å². The molecule has 0 radical (unpaired) electrons. The molecule has 1 N–H and O–H groups in total. The fourth-order valence-corrected chi connectivity index (χ4v) is 1.40. The highest BCUT2D eigenvalue weighted by atomic mass is 16.2. The van der Waals surface area contributed by atoms with Crippen molar-refractivity contribution in [1.29, 1.82) is 0 Å². The molecular formula is C13H20N2O. The molecule has 0 heterocycles. The second kappa shape index (κ2) is 6.16. The summed E-state index contributed by atoms with van der Waals surface area (Å²) in [6.45, 7) is 2.82. The molecule has 88 valence electrons. The van der Waals surface area contributed by atoms with Gasteiger partial charge in [0.05, 0.1) is 0 Å². The summed E-state index contributed by atoms with van der Waals surface area (Å²) < 4.78 is 0.